The molecule has 2 aromatic carbocycles. The molecule has 1 N–H and O–H groups in total. The van der Waals surface area contributed by atoms with Crippen molar-refractivity contribution in [3.05, 3.63) is 58.6 Å². The minimum absolute atomic E-state index is 0.00934. The van der Waals surface area contributed by atoms with Gasteiger partial charge in [-0.1, -0.05) is 35.5 Å². The fourth-order valence-electron chi connectivity index (χ4n) is 2.82. The lowest BCUT2D eigenvalue weighted by atomic mass is 10.1. The van der Waals surface area contributed by atoms with Gasteiger partial charge < -0.3 is 19.4 Å². The van der Waals surface area contributed by atoms with Crippen molar-refractivity contribution < 1.29 is 23.9 Å². The van der Waals surface area contributed by atoms with Gasteiger partial charge in [0.05, 0.1) is 36.8 Å². The van der Waals surface area contributed by atoms with Crippen molar-refractivity contribution in [1.29, 1.82) is 0 Å². The van der Waals surface area contributed by atoms with Gasteiger partial charge in [0.2, 0.25) is 5.91 Å². The highest BCUT2D eigenvalue weighted by Gasteiger charge is 2.18. The Bertz CT molecular complexity index is 1180. The molecule has 0 saturated heterocycles. The Kier molecular flexibility index (Phi) is 7.49. The Labute approximate surface area is 193 Å². The lowest BCUT2D eigenvalue weighted by molar-refractivity contribution is -0.113. The van der Waals surface area contributed by atoms with E-state index in [1.165, 1.54) is 44.2 Å². The second kappa shape index (κ2) is 10.3. The Hall–Kier alpha value is -3.37. The number of methoxy groups -OCH3 is 2. The zero-order valence-corrected chi connectivity index (χ0v) is 19.0. The van der Waals surface area contributed by atoms with Gasteiger partial charge in [-0.2, -0.15) is 0 Å². The monoisotopic (exact) mass is 474 g/mol. The topological polar surface area (TPSA) is 112 Å². The molecular weight excluding hydrogens is 456 g/mol. The van der Waals surface area contributed by atoms with Crippen LogP contribution in [0.15, 0.2) is 47.6 Å². The lowest BCUT2D eigenvalue weighted by Gasteiger charge is -2.11. The number of benzene rings is 2. The van der Waals surface area contributed by atoms with Crippen molar-refractivity contribution in [1.82, 2.24) is 14.8 Å². The number of nitrogens with zero attached hydrogens (tertiary/aromatic N) is 3. The third kappa shape index (κ3) is 5.27. The van der Waals surface area contributed by atoms with Crippen molar-refractivity contribution in [2.24, 2.45) is 7.05 Å². The van der Waals surface area contributed by atoms with Crippen LogP contribution < -0.4 is 5.32 Å². The fourth-order valence-corrected chi connectivity index (χ4v) is 3.72. The molecule has 1 aromatic heterocycles. The van der Waals surface area contributed by atoms with E-state index in [4.69, 9.17) is 16.3 Å². The van der Waals surface area contributed by atoms with Crippen LogP contribution in [-0.4, -0.2) is 52.6 Å². The number of nitrogens with one attached hydrogen (secondary N) is 1. The molecule has 0 aliphatic carbocycles. The maximum atomic E-state index is 12.6. The molecule has 3 rings (SSSR count). The zero-order chi connectivity index (χ0) is 23.3. The highest BCUT2D eigenvalue weighted by atomic mass is 35.5. The van der Waals surface area contributed by atoms with E-state index >= 15 is 0 Å². The number of ether oxygens (including phenoxy) is 2. The average Bonchev–Trinajstić information content (AvgIpc) is 3.16. The van der Waals surface area contributed by atoms with E-state index in [-0.39, 0.29) is 22.6 Å². The normalized spacial score (nSPS) is 10.5. The van der Waals surface area contributed by atoms with Gasteiger partial charge in [-0.05, 0) is 30.3 Å². The molecular formula is C21H19ClN4O5S. The molecule has 166 valence electrons. The smallest absolute Gasteiger partial charge is 0.339 e. The summed E-state index contributed by atoms with van der Waals surface area (Å²) in [6.07, 6.45) is 0. The molecule has 0 fully saturated rings. The second-order valence-electron chi connectivity index (χ2n) is 6.46. The minimum Gasteiger partial charge on any atom is -0.465 e. The summed E-state index contributed by atoms with van der Waals surface area (Å²) in [4.78, 5) is 36.4. The highest BCUT2D eigenvalue weighted by Crippen LogP contribution is 2.25. The molecule has 1 amide bonds. The van der Waals surface area contributed by atoms with Crippen molar-refractivity contribution in [2.45, 2.75) is 5.16 Å². The number of halogens is 1. The molecule has 9 nitrogen and oxygen atoms in total. The molecule has 0 atom stereocenters. The summed E-state index contributed by atoms with van der Waals surface area (Å²) in [6, 6.07) is 11.4. The number of hydrogen-bond acceptors (Lipinski definition) is 8. The van der Waals surface area contributed by atoms with Crippen molar-refractivity contribution in [3.63, 3.8) is 0 Å². The number of thioether (sulfide) groups is 1. The first-order valence-corrected chi connectivity index (χ1v) is 10.6. The van der Waals surface area contributed by atoms with E-state index in [1.54, 1.807) is 23.7 Å². The summed E-state index contributed by atoms with van der Waals surface area (Å²) >= 11 is 7.21. The van der Waals surface area contributed by atoms with E-state index in [1.807, 2.05) is 12.1 Å². The Morgan fingerprint density at radius 1 is 1.06 bits per heavy atom. The number of hydrogen-bond donors (Lipinski definition) is 1. The van der Waals surface area contributed by atoms with Gasteiger partial charge in [-0.3, -0.25) is 4.79 Å². The average molecular weight is 475 g/mol. The Morgan fingerprint density at radius 2 is 1.81 bits per heavy atom. The molecule has 0 saturated carbocycles. The first-order valence-electron chi connectivity index (χ1n) is 9.22. The lowest BCUT2D eigenvalue weighted by Crippen LogP contribution is -2.18. The summed E-state index contributed by atoms with van der Waals surface area (Å²) in [5, 5.41) is 12.0. The van der Waals surface area contributed by atoms with Crippen molar-refractivity contribution >= 4 is 46.9 Å². The molecule has 11 heteroatoms. The van der Waals surface area contributed by atoms with E-state index < -0.39 is 17.8 Å². The van der Waals surface area contributed by atoms with Crippen molar-refractivity contribution in [3.8, 4) is 11.4 Å². The number of anilines is 1. The number of aromatic nitrogens is 3. The zero-order valence-electron chi connectivity index (χ0n) is 17.4. The maximum absolute atomic E-state index is 12.6. The van der Waals surface area contributed by atoms with Crippen LogP contribution in [0.2, 0.25) is 5.02 Å². The number of carbonyl (C=O) groups excluding carboxylic acids is 3. The molecule has 32 heavy (non-hydrogen) atoms. The predicted molar refractivity (Wildman–Crippen MR) is 120 cm³/mol. The van der Waals surface area contributed by atoms with E-state index in [2.05, 4.69) is 20.3 Å². The molecule has 0 radical (unpaired) electrons. The molecule has 0 bridgehead atoms. The summed E-state index contributed by atoms with van der Waals surface area (Å²) in [7, 11) is 4.25. The molecule has 0 unspecified atom stereocenters. The van der Waals surface area contributed by atoms with Gasteiger partial charge in [0.25, 0.3) is 0 Å². The number of esters is 2. The van der Waals surface area contributed by atoms with Crippen LogP contribution in [0.4, 0.5) is 5.69 Å². The standard InChI is InChI=1S/C21H19ClN4O5S/c1-26-18(12-5-4-6-14(22)9-12)24-25-21(26)32-11-17(27)23-16-10-13(19(28)30-2)7-8-15(16)20(29)31-3/h4-10H,11H2,1-3H3,(H,23,27). The third-order valence-electron chi connectivity index (χ3n) is 4.37. The number of carbonyl (C=O) groups is 3. The second-order valence-corrected chi connectivity index (χ2v) is 7.83. The molecule has 0 aliphatic heterocycles. The van der Waals surface area contributed by atoms with Gasteiger partial charge in [0.15, 0.2) is 11.0 Å². The van der Waals surface area contributed by atoms with E-state index in [9.17, 15) is 14.4 Å². The van der Waals surface area contributed by atoms with Gasteiger partial charge in [-0.15, -0.1) is 10.2 Å². The highest BCUT2D eigenvalue weighted by molar-refractivity contribution is 7.99. The number of rotatable bonds is 7. The van der Waals surface area contributed by atoms with Crippen molar-refractivity contribution in [2.75, 3.05) is 25.3 Å². The summed E-state index contributed by atoms with van der Waals surface area (Å²) in [5.74, 6) is -1.06. The van der Waals surface area contributed by atoms with E-state index in [0.717, 1.165) is 5.56 Å². The molecule has 1 heterocycles. The van der Waals surface area contributed by atoms with Gasteiger partial charge in [-0.25, -0.2) is 9.59 Å². The maximum Gasteiger partial charge on any atom is 0.339 e. The minimum atomic E-state index is -0.649. The van der Waals surface area contributed by atoms with Crippen LogP contribution in [-0.2, 0) is 21.3 Å². The summed E-state index contributed by atoms with van der Waals surface area (Å²) < 4.78 is 11.2. The van der Waals surface area contributed by atoms with Crippen LogP contribution >= 0.6 is 23.4 Å². The van der Waals surface area contributed by atoms with Crippen LogP contribution in [0.3, 0.4) is 0 Å². The van der Waals surface area contributed by atoms with Crippen LogP contribution in [0.25, 0.3) is 11.4 Å². The van der Waals surface area contributed by atoms with Crippen LogP contribution in [0, 0.1) is 0 Å². The van der Waals surface area contributed by atoms with E-state index in [0.29, 0.717) is 16.0 Å². The first-order chi connectivity index (χ1) is 15.3. The van der Waals surface area contributed by atoms with Crippen LogP contribution in [0.1, 0.15) is 20.7 Å². The first kappa shape index (κ1) is 23.3. The summed E-state index contributed by atoms with van der Waals surface area (Å²) in [6.45, 7) is 0. The predicted octanol–water partition coefficient (Wildman–Crippen LogP) is 3.44. The van der Waals surface area contributed by atoms with Crippen LogP contribution in [0.5, 0.6) is 0 Å². The van der Waals surface area contributed by atoms with Gasteiger partial charge >= 0.3 is 11.9 Å². The van der Waals surface area contributed by atoms with Gasteiger partial charge in [0, 0.05) is 17.6 Å². The SMILES string of the molecule is COC(=O)c1ccc(C(=O)OC)c(NC(=O)CSc2nnc(-c3cccc(Cl)c3)n2C)c1. The Balaban J connectivity index is 1.74. The molecule has 0 spiro atoms. The number of amides is 1. The summed E-state index contributed by atoms with van der Waals surface area (Å²) in [5.41, 5.74) is 1.23. The largest absolute Gasteiger partial charge is 0.465 e. The van der Waals surface area contributed by atoms with Gasteiger partial charge in [0.1, 0.15) is 0 Å². The Morgan fingerprint density at radius 3 is 2.50 bits per heavy atom. The third-order valence-corrected chi connectivity index (χ3v) is 5.63. The molecule has 3 aromatic rings. The quantitative estimate of drug-likeness (QED) is 0.409. The molecule has 0 aliphatic rings. The fraction of sp³-hybridized carbons (Fsp3) is 0.190.